The Morgan fingerprint density at radius 1 is 0.844 bits per heavy atom. The van der Waals surface area contributed by atoms with Crippen molar-refractivity contribution in [3.8, 4) is 0 Å². The highest BCUT2D eigenvalue weighted by atomic mass is 16.8. The van der Waals surface area contributed by atoms with Gasteiger partial charge in [0.1, 0.15) is 35.8 Å². The topological polar surface area (TPSA) is 168 Å². The number of rotatable bonds is 2. The first-order valence-corrected chi connectivity index (χ1v) is 16.7. The summed E-state index contributed by atoms with van der Waals surface area (Å²) in [6.07, 6.45) is -5.26. The second-order valence-electron chi connectivity index (χ2n) is 16.6. The fourth-order valence-electron chi connectivity index (χ4n) is 13.5. The van der Waals surface area contributed by atoms with Crippen LogP contribution in [0.3, 0.4) is 0 Å². The molecule has 0 aromatic carbocycles. The van der Waals surface area contributed by atoms with Crippen LogP contribution in [0.25, 0.3) is 0 Å². The van der Waals surface area contributed by atoms with Crippen LogP contribution >= 0.6 is 0 Å². The third kappa shape index (κ3) is 3.11. The average molecular weight is 633 g/mol. The van der Waals surface area contributed by atoms with Crippen LogP contribution in [0.5, 0.6) is 0 Å². The molecule has 21 atom stereocenters. The van der Waals surface area contributed by atoms with E-state index in [1.54, 1.807) is 6.92 Å². The lowest BCUT2D eigenvalue weighted by Gasteiger charge is -2.67. The Kier molecular flexibility index (Phi) is 5.86. The van der Waals surface area contributed by atoms with Gasteiger partial charge in [-0.3, -0.25) is 9.59 Å². The van der Waals surface area contributed by atoms with E-state index in [0.717, 1.165) is 0 Å². The normalized spacial score (nSPS) is 64.6. The van der Waals surface area contributed by atoms with Crippen LogP contribution in [0.1, 0.15) is 61.8 Å². The number of fused-ring (bicyclic) bond motifs is 9. The van der Waals surface area contributed by atoms with Gasteiger partial charge in [0.05, 0.1) is 29.8 Å². The number of aliphatic hydroxyl groups is 4. The van der Waals surface area contributed by atoms with E-state index in [-0.39, 0.29) is 41.8 Å². The van der Waals surface area contributed by atoms with E-state index in [1.807, 2.05) is 27.7 Å². The van der Waals surface area contributed by atoms with Crippen molar-refractivity contribution in [3.63, 3.8) is 0 Å². The van der Waals surface area contributed by atoms with Gasteiger partial charge >= 0.3 is 11.9 Å². The second kappa shape index (κ2) is 8.63. The Hall–Kier alpha value is -1.76. The van der Waals surface area contributed by atoms with Crippen LogP contribution in [0, 0.1) is 63.6 Å². The zero-order valence-electron chi connectivity index (χ0n) is 27.3. The first-order chi connectivity index (χ1) is 20.8. The number of carbonyl (C=O) groups excluding carboxylic acids is 2. The molecule has 3 aliphatic heterocycles. The summed E-state index contributed by atoms with van der Waals surface area (Å²) in [7, 11) is 0. The summed E-state index contributed by atoms with van der Waals surface area (Å²) in [5, 5.41) is 49.0. The highest BCUT2D eigenvalue weighted by Gasteiger charge is 2.91. The molecule has 8 rings (SSSR count). The Balaban J connectivity index is 1.34. The zero-order valence-corrected chi connectivity index (χ0v) is 27.3. The SMILES string of the molecule is C=C1O[C@]23O[C@H]2[C@@H](C)[C@H]2[C@@H]([C@H](O)[C@H]4[C@H]5C([C@H](C)[C@H](OC(C)=O)[C@@]42C)[C@]2(C)[C@H](C[C@@H]4O[C@@H]4[C@@H]2OC(C)=O)[C@H](O)[C@@H]5O)[C@@]3(C)[C@]1(C)O. The molecule has 45 heavy (non-hydrogen) atoms. The predicted molar refractivity (Wildman–Crippen MR) is 154 cm³/mol. The number of epoxide rings is 2. The van der Waals surface area contributed by atoms with E-state index in [2.05, 4.69) is 13.5 Å². The van der Waals surface area contributed by atoms with Crippen molar-refractivity contribution in [1.82, 2.24) is 0 Å². The van der Waals surface area contributed by atoms with Crippen molar-refractivity contribution in [2.45, 2.75) is 122 Å². The van der Waals surface area contributed by atoms with Crippen molar-refractivity contribution in [3.05, 3.63) is 12.3 Å². The number of esters is 2. The predicted octanol–water partition coefficient (Wildman–Crippen LogP) is 1.54. The minimum atomic E-state index is -1.55. The Morgan fingerprint density at radius 2 is 1.47 bits per heavy atom. The fraction of sp³-hybridized carbons (Fsp3) is 0.882. The maximum Gasteiger partial charge on any atom is 0.303 e. The minimum absolute atomic E-state index is 0.172. The lowest BCUT2D eigenvalue weighted by Crippen LogP contribution is -2.73. The monoisotopic (exact) mass is 632 g/mol. The molecule has 5 saturated carbocycles. The van der Waals surface area contributed by atoms with Crippen molar-refractivity contribution < 1.29 is 53.7 Å². The van der Waals surface area contributed by atoms with Crippen molar-refractivity contribution in [2.24, 2.45) is 63.6 Å². The number of aliphatic hydroxyl groups excluding tert-OH is 3. The van der Waals surface area contributed by atoms with E-state index in [4.69, 9.17) is 23.7 Å². The van der Waals surface area contributed by atoms with E-state index >= 15 is 0 Å². The van der Waals surface area contributed by atoms with Gasteiger partial charge in [-0.1, -0.05) is 34.3 Å². The zero-order chi connectivity index (χ0) is 32.7. The molecule has 3 saturated heterocycles. The molecule has 3 heterocycles. The number of ether oxygens (including phenoxy) is 5. The summed E-state index contributed by atoms with van der Waals surface area (Å²) in [5.41, 5.74) is -4.44. The number of hydrogen-bond donors (Lipinski definition) is 4. The molecule has 4 N–H and O–H groups in total. The maximum absolute atomic E-state index is 12.9. The Bertz CT molecular complexity index is 1380. The summed E-state index contributed by atoms with van der Waals surface area (Å²) in [5.74, 6) is -5.54. The van der Waals surface area contributed by atoms with Gasteiger partial charge in [-0.05, 0) is 61.7 Å². The van der Waals surface area contributed by atoms with Crippen LogP contribution in [0.15, 0.2) is 12.3 Å². The maximum atomic E-state index is 12.9. The lowest BCUT2D eigenvalue weighted by atomic mass is 9.39. The van der Waals surface area contributed by atoms with Crippen LogP contribution in [-0.4, -0.2) is 92.6 Å². The van der Waals surface area contributed by atoms with Gasteiger partial charge in [0, 0.05) is 30.6 Å². The standard InChI is InChI=1S/C34H48O11/c1-11-19-18(24(38)23(37)16-10-17-26(43-17)29(30(16,19)6)42-15(5)36)21-25(39)22-20(31(21,7)27(11)41-14(4)35)12(2)28-34(45-28)32(22,8)33(9,40)13(3)44-34/h11-12,16-29,37-40H,3,10H2,1-2,4-9H3/t11-,12-,16+,17-,18+,19?,20-,21+,22-,23-,24+,25+,26-,27-,28-,29-,30-,31+,32-,33+,34-/m0/s1. The summed E-state index contributed by atoms with van der Waals surface area (Å²) in [4.78, 5) is 25.4. The third-order valence-corrected chi connectivity index (χ3v) is 15.2. The van der Waals surface area contributed by atoms with Gasteiger partial charge in [0.15, 0.2) is 0 Å². The molecule has 0 amide bonds. The molecule has 0 bridgehead atoms. The van der Waals surface area contributed by atoms with E-state index in [9.17, 15) is 30.0 Å². The third-order valence-electron chi connectivity index (χ3n) is 15.2. The van der Waals surface area contributed by atoms with E-state index in [1.165, 1.54) is 13.8 Å². The van der Waals surface area contributed by atoms with Crippen LogP contribution in [0.4, 0.5) is 0 Å². The van der Waals surface area contributed by atoms with Crippen LogP contribution < -0.4 is 0 Å². The van der Waals surface area contributed by atoms with Gasteiger partial charge < -0.3 is 44.1 Å². The highest BCUT2D eigenvalue weighted by molar-refractivity contribution is 5.67. The summed E-state index contributed by atoms with van der Waals surface area (Å²) >= 11 is 0. The van der Waals surface area contributed by atoms with Crippen molar-refractivity contribution in [2.75, 3.05) is 0 Å². The van der Waals surface area contributed by atoms with Crippen LogP contribution in [-0.2, 0) is 33.3 Å². The van der Waals surface area contributed by atoms with Crippen molar-refractivity contribution in [1.29, 1.82) is 0 Å². The molecular formula is C34H48O11. The average Bonchev–Trinajstić information content (AvgIpc) is 3.84. The quantitative estimate of drug-likeness (QED) is 0.258. The molecule has 1 spiro atoms. The number of carbonyl (C=O) groups is 2. The van der Waals surface area contributed by atoms with E-state index < -0.39 is 99.7 Å². The Labute approximate surface area is 263 Å². The fourth-order valence-corrected chi connectivity index (χ4v) is 13.5. The van der Waals surface area contributed by atoms with Crippen molar-refractivity contribution >= 4 is 11.9 Å². The highest BCUT2D eigenvalue weighted by Crippen LogP contribution is 2.82. The van der Waals surface area contributed by atoms with Gasteiger partial charge in [-0.2, -0.15) is 0 Å². The first kappa shape index (κ1) is 30.6. The summed E-state index contributed by atoms with van der Waals surface area (Å²) in [6.45, 7) is 18.5. The van der Waals surface area contributed by atoms with E-state index in [0.29, 0.717) is 6.42 Å². The Morgan fingerprint density at radius 3 is 2.09 bits per heavy atom. The summed E-state index contributed by atoms with van der Waals surface area (Å²) in [6, 6.07) is 0. The van der Waals surface area contributed by atoms with Crippen LogP contribution in [0.2, 0.25) is 0 Å². The number of hydrogen-bond acceptors (Lipinski definition) is 11. The molecule has 250 valence electrons. The largest absolute Gasteiger partial charge is 0.462 e. The van der Waals surface area contributed by atoms with Gasteiger partial charge in [-0.25, -0.2) is 0 Å². The molecule has 0 aromatic rings. The first-order valence-electron chi connectivity index (χ1n) is 16.7. The molecule has 0 radical (unpaired) electrons. The summed E-state index contributed by atoms with van der Waals surface area (Å²) < 4.78 is 31.0. The second-order valence-corrected chi connectivity index (χ2v) is 16.6. The molecule has 5 aliphatic carbocycles. The lowest BCUT2D eigenvalue weighted by molar-refractivity contribution is -0.284. The molecule has 11 nitrogen and oxygen atoms in total. The smallest absolute Gasteiger partial charge is 0.303 e. The minimum Gasteiger partial charge on any atom is -0.462 e. The van der Waals surface area contributed by atoms with Gasteiger partial charge in [-0.15, -0.1) is 0 Å². The van der Waals surface area contributed by atoms with Gasteiger partial charge in [0.2, 0.25) is 5.79 Å². The molecular weight excluding hydrogens is 584 g/mol. The molecule has 11 heteroatoms. The molecule has 0 aromatic heterocycles. The molecule has 8 fully saturated rings. The molecule has 8 aliphatic rings. The van der Waals surface area contributed by atoms with Gasteiger partial charge in [0.25, 0.3) is 0 Å². The molecule has 1 unspecified atom stereocenters.